The number of fused-ring (bicyclic) bond motifs is 1. The van der Waals surface area contributed by atoms with E-state index in [4.69, 9.17) is 9.47 Å². The summed E-state index contributed by atoms with van der Waals surface area (Å²) in [6.07, 6.45) is 0.673. The summed E-state index contributed by atoms with van der Waals surface area (Å²) in [4.78, 5) is 26.4. The molecular formula is C23H30N2O4S. The maximum Gasteiger partial charge on any atom is 0.341 e. The molecule has 0 radical (unpaired) electrons. The molecule has 0 fully saturated rings. The van der Waals surface area contributed by atoms with E-state index in [-0.39, 0.29) is 30.2 Å². The Labute approximate surface area is 182 Å². The fraction of sp³-hybridized carbons (Fsp3) is 0.478. The molecule has 0 saturated carbocycles. The summed E-state index contributed by atoms with van der Waals surface area (Å²) >= 11 is 1.43. The number of rotatable bonds is 6. The lowest BCUT2D eigenvalue weighted by Gasteiger charge is -2.42. The van der Waals surface area contributed by atoms with Gasteiger partial charge in [0.25, 0.3) is 5.91 Å². The van der Waals surface area contributed by atoms with Gasteiger partial charge in [0, 0.05) is 16.0 Å². The number of carbonyl (C=O) groups is 2. The smallest absolute Gasteiger partial charge is 0.341 e. The second-order valence-electron chi connectivity index (χ2n) is 8.80. The van der Waals surface area contributed by atoms with Crippen LogP contribution >= 0.6 is 11.3 Å². The molecule has 0 bridgehead atoms. The highest BCUT2D eigenvalue weighted by Crippen LogP contribution is 2.45. The summed E-state index contributed by atoms with van der Waals surface area (Å²) < 4.78 is 10.9. The van der Waals surface area contributed by atoms with Gasteiger partial charge in [-0.15, -0.1) is 11.3 Å². The van der Waals surface area contributed by atoms with Crippen molar-refractivity contribution in [2.75, 3.05) is 18.5 Å². The molecule has 1 aliphatic rings. The highest BCUT2D eigenvalue weighted by Gasteiger charge is 2.42. The average Bonchev–Trinajstić information content (AvgIpc) is 2.97. The second kappa shape index (κ2) is 8.40. The molecule has 6 nitrogen and oxygen atoms in total. The summed E-state index contributed by atoms with van der Waals surface area (Å²) in [6.45, 7) is 12.3. The number of ether oxygens (including phenoxy) is 2. The maximum atomic E-state index is 12.8. The Balaban J connectivity index is 1.87. The van der Waals surface area contributed by atoms with Gasteiger partial charge in [-0.25, -0.2) is 4.79 Å². The van der Waals surface area contributed by atoms with Crippen LogP contribution in [-0.4, -0.2) is 30.6 Å². The van der Waals surface area contributed by atoms with Gasteiger partial charge in [0.1, 0.15) is 10.8 Å². The molecule has 0 atom stereocenters. The molecule has 1 aromatic carbocycles. The number of thiophene rings is 1. The van der Waals surface area contributed by atoms with E-state index in [1.165, 1.54) is 11.3 Å². The number of carbonyl (C=O) groups excluding carboxylic acids is 2. The van der Waals surface area contributed by atoms with Gasteiger partial charge in [-0.05, 0) is 71.2 Å². The van der Waals surface area contributed by atoms with Gasteiger partial charge in [0.15, 0.2) is 6.61 Å². The second-order valence-corrected chi connectivity index (χ2v) is 9.82. The monoisotopic (exact) mass is 430 g/mol. The van der Waals surface area contributed by atoms with Crippen LogP contribution in [0.3, 0.4) is 0 Å². The number of amides is 1. The van der Waals surface area contributed by atoms with Gasteiger partial charge in [0.05, 0.1) is 12.2 Å². The van der Waals surface area contributed by atoms with Crippen molar-refractivity contribution in [1.82, 2.24) is 5.32 Å². The van der Waals surface area contributed by atoms with Crippen molar-refractivity contribution in [1.29, 1.82) is 0 Å². The SMILES string of the molecule is CCOC(=O)c1c(NC(=O)COc2cccc(C)c2)sc2c1CC(C)(C)NC2(C)C. The van der Waals surface area contributed by atoms with Crippen LogP contribution in [0.2, 0.25) is 0 Å². The van der Waals surface area contributed by atoms with Gasteiger partial charge in [-0.2, -0.15) is 0 Å². The van der Waals surface area contributed by atoms with Crippen LogP contribution in [0.1, 0.15) is 61.0 Å². The highest BCUT2D eigenvalue weighted by molar-refractivity contribution is 7.17. The number of aryl methyl sites for hydroxylation is 1. The van der Waals surface area contributed by atoms with Crippen LogP contribution in [0.5, 0.6) is 5.75 Å². The van der Waals surface area contributed by atoms with E-state index < -0.39 is 5.97 Å². The largest absolute Gasteiger partial charge is 0.484 e. The Kier molecular flexibility index (Phi) is 6.24. The predicted octanol–water partition coefficient (Wildman–Crippen LogP) is 4.41. The summed E-state index contributed by atoms with van der Waals surface area (Å²) in [5.41, 5.74) is 1.95. The fourth-order valence-electron chi connectivity index (χ4n) is 4.05. The average molecular weight is 431 g/mol. The lowest BCUT2D eigenvalue weighted by Crippen LogP contribution is -2.55. The van der Waals surface area contributed by atoms with Crippen molar-refractivity contribution in [2.24, 2.45) is 0 Å². The third-order valence-electron chi connectivity index (χ3n) is 4.94. The molecule has 2 heterocycles. The van der Waals surface area contributed by atoms with Crippen molar-refractivity contribution < 1.29 is 19.1 Å². The molecule has 7 heteroatoms. The first kappa shape index (κ1) is 22.3. The first-order valence-electron chi connectivity index (χ1n) is 10.1. The van der Waals surface area contributed by atoms with Crippen molar-refractivity contribution in [2.45, 2.75) is 59.0 Å². The summed E-state index contributed by atoms with van der Waals surface area (Å²) in [5, 5.41) is 7.03. The number of anilines is 1. The van der Waals surface area contributed by atoms with Gasteiger partial charge in [-0.1, -0.05) is 12.1 Å². The maximum absolute atomic E-state index is 12.8. The molecule has 30 heavy (non-hydrogen) atoms. The molecular weight excluding hydrogens is 400 g/mol. The Morgan fingerprint density at radius 3 is 2.63 bits per heavy atom. The minimum atomic E-state index is -0.404. The molecule has 162 valence electrons. The van der Waals surface area contributed by atoms with Crippen LogP contribution in [0.4, 0.5) is 5.00 Å². The third-order valence-corrected chi connectivity index (χ3v) is 6.41. The summed E-state index contributed by atoms with van der Waals surface area (Å²) in [7, 11) is 0. The van der Waals surface area contributed by atoms with E-state index in [9.17, 15) is 9.59 Å². The Bertz CT molecular complexity index is 962. The molecule has 0 aliphatic carbocycles. The quantitative estimate of drug-likeness (QED) is 0.664. The van der Waals surface area contributed by atoms with Gasteiger partial charge >= 0.3 is 5.97 Å². The first-order chi connectivity index (χ1) is 14.0. The van der Waals surface area contributed by atoms with E-state index in [1.807, 2.05) is 31.2 Å². The Hall–Kier alpha value is -2.38. The predicted molar refractivity (Wildman–Crippen MR) is 120 cm³/mol. The minimum absolute atomic E-state index is 0.137. The van der Waals surface area contributed by atoms with Crippen molar-refractivity contribution >= 4 is 28.2 Å². The number of esters is 1. The van der Waals surface area contributed by atoms with Crippen LogP contribution in [0.15, 0.2) is 24.3 Å². The molecule has 1 aliphatic heterocycles. The normalized spacial score (nSPS) is 16.5. The highest BCUT2D eigenvalue weighted by atomic mass is 32.1. The molecule has 3 rings (SSSR count). The van der Waals surface area contributed by atoms with Crippen molar-refractivity contribution in [3.8, 4) is 5.75 Å². The standard InChI is InChI=1S/C23H30N2O4S/c1-7-28-21(27)18-16-12-22(3,4)25-23(5,6)19(16)30-20(18)24-17(26)13-29-15-10-8-9-14(2)11-15/h8-11,25H,7,12-13H2,1-6H3,(H,24,26). The van der Waals surface area contributed by atoms with Gasteiger partial charge < -0.3 is 20.1 Å². The van der Waals surface area contributed by atoms with Crippen LogP contribution in [0.25, 0.3) is 0 Å². The Morgan fingerprint density at radius 1 is 1.23 bits per heavy atom. The zero-order valence-corrected chi connectivity index (χ0v) is 19.3. The lowest BCUT2D eigenvalue weighted by molar-refractivity contribution is -0.118. The molecule has 0 spiro atoms. The zero-order chi connectivity index (χ0) is 22.1. The molecule has 2 N–H and O–H groups in total. The minimum Gasteiger partial charge on any atom is -0.484 e. The number of hydrogen-bond acceptors (Lipinski definition) is 6. The van der Waals surface area contributed by atoms with E-state index in [0.29, 0.717) is 22.7 Å². The number of benzene rings is 1. The molecule has 1 aromatic heterocycles. The summed E-state index contributed by atoms with van der Waals surface area (Å²) in [5.74, 6) is -0.0857. The third kappa shape index (κ3) is 4.84. The van der Waals surface area contributed by atoms with Crippen molar-refractivity contribution in [3.63, 3.8) is 0 Å². The first-order valence-corrected chi connectivity index (χ1v) is 11.0. The van der Waals surface area contributed by atoms with Gasteiger partial charge in [-0.3, -0.25) is 4.79 Å². The summed E-state index contributed by atoms with van der Waals surface area (Å²) in [6, 6.07) is 7.53. The van der Waals surface area contributed by atoms with E-state index in [1.54, 1.807) is 6.92 Å². The molecule has 2 aromatic rings. The number of hydrogen-bond donors (Lipinski definition) is 2. The van der Waals surface area contributed by atoms with Crippen molar-refractivity contribution in [3.05, 3.63) is 45.8 Å². The topological polar surface area (TPSA) is 76.7 Å². The zero-order valence-electron chi connectivity index (χ0n) is 18.5. The van der Waals surface area contributed by atoms with Crippen LogP contribution < -0.4 is 15.4 Å². The van der Waals surface area contributed by atoms with E-state index >= 15 is 0 Å². The Morgan fingerprint density at radius 2 is 1.97 bits per heavy atom. The van der Waals surface area contributed by atoms with Crippen LogP contribution in [-0.2, 0) is 21.5 Å². The lowest BCUT2D eigenvalue weighted by atomic mass is 9.81. The molecule has 0 unspecified atom stereocenters. The van der Waals surface area contributed by atoms with E-state index in [2.05, 4.69) is 38.3 Å². The molecule has 0 saturated heterocycles. The number of nitrogens with one attached hydrogen (secondary N) is 2. The van der Waals surface area contributed by atoms with Crippen LogP contribution in [0, 0.1) is 6.92 Å². The van der Waals surface area contributed by atoms with E-state index in [0.717, 1.165) is 16.0 Å². The fourth-order valence-corrected chi connectivity index (χ4v) is 5.33. The molecule has 1 amide bonds. The van der Waals surface area contributed by atoms with Gasteiger partial charge in [0.2, 0.25) is 0 Å².